The first kappa shape index (κ1) is 37.2. The number of ether oxygens (including phenoxy) is 2. The van der Waals surface area contributed by atoms with E-state index in [2.05, 4.69) is 17.7 Å². The van der Waals surface area contributed by atoms with Crippen molar-refractivity contribution < 1.29 is 94.7 Å². The third kappa shape index (κ3) is 9.31. The van der Waals surface area contributed by atoms with Gasteiger partial charge in [-0.15, -0.1) is 0 Å². The Labute approximate surface area is 264 Å². The van der Waals surface area contributed by atoms with Gasteiger partial charge in [0.2, 0.25) is 0 Å². The molecule has 2 fully saturated rings. The van der Waals surface area contributed by atoms with Crippen molar-refractivity contribution in [1.82, 2.24) is 0 Å². The minimum absolute atomic E-state index is 0.0229. The standard InChI is InChI=1S/C22H29N4O18P3/c23-19(31)11-3-1-5-25(7-11)21-17(29)15(27)13(41-21)9-39-45(33,34)43-47(37,38)44-46(35,36)40-10-14-16(28)18(30)22(42-14)26-6-2-4-12(8-26)20(24)32/h1-8,13-18,21-22,27-30H,9-10H2,(H5-2,23,24,31,32,33,34,35,36,37,38)/p+2/t13-,14-,15-,16-,17-,18-,21+,22+/m1/s1. The maximum Gasteiger partial charge on any atom is 0.490 e. The van der Waals surface area contributed by atoms with Crippen LogP contribution in [0.3, 0.4) is 0 Å². The number of pyridine rings is 2. The monoisotopic (exact) mass is 732 g/mol. The van der Waals surface area contributed by atoms with Crippen LogP contribution in [0, 0.1) is 0 Å². The first-order valence-electron chi connectivity index (χ1n) is 13.1. The van der Waals surface area contributed by atoms with Crippen LogP contribution in [-0.4, -0.2) is 96.8 Å². The Hall–Kier alpha value is -2.59. The lowest BCUT2D eigenvalue weighted by molar-refractivity contribution is -0.766. The smallest absolute Gasteiger partial charge is 0.387 e. The van der Waals surface area contributed by atoms with Gasteiger partial charge in [0.1, 0.15) is 35.5 Å². The van der Waals surface area contributed by atoms with Crippen molar-refractivity contribution in [3.8, 4) is 0 Å². The van der Waals surface area contributed by atoms with Crippen LogP contribution >= 0.6 is 23.5 Å². The first-order valence-corrected chi connectivity index (χ1v) is 17.6. The second-order valence-corrected chi connectivity index (χ2v) is 14.7. The number of aliphatic hydroxyl groups excluding tert-OH is 4. The number of hydrogen-bond donors (Lipinski definition) is 9. The molecule has 47 heavy (non-hydrogen) atoms. The lowest BCUT2D eigenvalue weighted by atomic mass is 10.1. The molecule has 25 heteroatoms. The molecule has 260 valence electrons. The number of phosphoric acid groups is 3. The molecule has 0 aliphatic carbocycles. The van der Waals surface area contributed by atoms with Crippen molar-refractivity contribution in [2.24, 2.45) is 11.5 Å². The second kappa shape index (κ2) is 14.5. The average molecular weight is 732 g/mol. The van der Waals surface area contributed by atoms with Gasteiger partial charge in [-0.25, -0.2) is 13.7 Å². The SMILES string of the molecule is NC(=O)c1ccc[n+]([C@H]2O[C@H](COP(=O)(O)OP(=O)(O)OP(=O)(O)OC[C@H]3O[C@H]([n+]4cccc(C(N)=O)c4)[C@H](O)[C@@H]3O)[C@@H](O)[C@H]2O)c1. The molecule has 2 aliphatic heterocycles. The Bertz CT molecular complexity index is 1520. The number of carbonyl (C=O) groups excluding carboxylic acids is 2. The van der Waals surface area contributed by atoms with Gasteiger partial charge in [-0.2, -0.15) is 17.8 Å². The minimum atomic E-state index is -5.94. The van der Waals surface area contributed by atoms with Crippen LogP contribution in [0.15, 0.2) is 49.1 Å². The van der Waals surface area contributed by atoms with Crippen LogP contribution in [-0.2, 0) is 40.8 Å². The molecule has 2 aliphatic rings. The van der Waals surface area contributed by atoms with Gasteiger partial charge in [-0.3, -0.25) is 18.6 Å². The van der Waals surface area contributed by atoms with Gasteiger partial charge in [-0.1, -0.05) is 0 Å². The zero-order chi connectivity index (χ0) is 34.9. The molecule has 0 saturated carbocycles. The number of carbonyl (C=O) groups is 2. The normalized spacial score (nSPS) is 31.5. The number of aliphatic hydroxyl groups is 4. The number of primary amides is 2. The summed E-state index contributed by atoms with van der Waals surface area (Å²) < 4.78 is 67.2. The first-order chi connectivity index (χ1) is 21.8. The predicted octanol–water partition coefficient (Wildman–Crippen LogP) is -3.23. The summed E-state index contributed by atoms with van der Waals surface area (Å²) in [6.07, 6.45) is -7.44. The summed E-state index contributed by atoms with van der Waals surface area (Å²) >= 11 is 0. The van der Waals surface area contributed by atoms with Gasteiger partial charge < -0.3 is 56.0 Å². The van der Waals surface area contributed by atoms with E-state index >= 15 is 0 Å². The molecule has 2 unspecified atom stereocenters. The third-order valence-corrected chi connectivity index (χ3v) is 10.9. The molecule has 2 amide bonds. The Balaban J connectivity index is 1.31. The molecule has 0 aromatic carbocycles. The summed E-state index contributed by atoms with van der Waals surface area (Å²) in [7, 11) is -17.2. The third-order valence-electron chi connectivity index (χ3n) is 6.69. The predicted molar refractivity (Wildman–Crippen MR) is 146 cm³/mol. The summed E-state index contributed by atoms with van der Waals surface area (Å²) in [5.74, 6) is -1.61. The fourth-order valence-electron chi connectivity index (χ4n) is 4.48. The number of rotatable bonds is 14. The van der Waals surface area contributed by atoms with E-state index < -0.39 is 97.6 Å². The average Bonchev–Trinajstić information content (AvgIpc) is 3.43. The van der Waals surface area contributed by atoms with Gasteiger partial charge >= 0.3 is 23.5 Å². The highest BCUT2D eigenvalue weighted by Gasteiger charge is 2.51. The summed E-state index contributed by atoms with van der Waals surface area (Å²) in [6, 6.07) is 5.50. The number of amides is 2. The molecule has 0 bridgehead atoms. The van der Waals surface area contributed by atoms with Crippen molar-refractivity contribution >= 4 is 35.3 Å². The summed E-state index contributed by atoms with van der Waals surface area (Å²) in [5.41, 5.74) is 10.5. The molecule has 11 N–H and O–H groups in total. The molecule has 2 saturated heterocycles. The Morgan fingerprint density at radius 2 is 1.04 bits per heavy atom. The quantitative estimate of drug-likeness (QED) is 0.0681. The maximum atomic E-state index is 12.3. The van der Waals surface area contributed by atoms with Crippen LogP contribution in [0.2, 0.25) is 0 Å². The van der Waals surface area contributed by atoms with Crippen LogP contribution in [0.5, 0.6) is 0 Å². The van der Waals surface area contributed by atoms with Crippen LogP contribution < -0.4 is 20.6 Å². The topological polar surface area (TPSA) is 342 Å². The van der Waals surface area contributed by atoms with Gasteiger partial charge in [0.25, 0.3) is 24.3 Å². The van der Waals surface area contributed by atoms with Gasteiger partial charge in [-0.05, 0) is 12.1 Å². The Morgan fingerprint density at radius 1 is 0.681 bits per heavy atom. The fraction of sp³-hybridized carbons (Fsp3) is 0.455. The van der Waals surface area contributed by atoms with Crippen LogP contribution in [0.25, 0.3) is 0 Å². The summed E-state index contributed by atoms with van der Waals surface area (Å²) in [6.45, 7) is -2.07. The van der Waals surface area contributed by atoms with E-state index in [0.29, 0.717) is 0 Å². The molecule has 22 nitrogen and oxygen atoms in total. The molecule has 4 heterocycles. The largest absolute Gasteiger partial charge is 0.490 e. The lowest BCUT2D eigenvalue weighted by Crippen LogP contribution is -2.46. The maximum absolute atomic E-state index is 12.3. The molecule has 0 radical (unpaired) electrons. The van der Waals surface area contributed by atoms with Gasteiger partial charge in [0, 0.05) is 12.1 Å². The van der Waals surface area contributed by atoms with Crippen molar-refractivity contribution in [3.05, 3.63) is 60.2 Å². The number of nitrogens with zero attached hydrogens (tertiary/aromatic N) is 2. The zero-order valence-electron chi connectivity index (χ0n) is 23.7. The zero-order valence-corrected chi connectivity index (χ0v) is 26.3. The van der Waals surface area contributed by atoms with Crippen molar-refractivity contribution in [2.45, 2.75) is 49.1 Å². The highest BCUT2D eigenvalue weighted by atomic mass is 31.3. The number of nitrogens with two attached hydrogens (primary N) is 2. The molecule has 2 aromatic heterocycles. The minimum Gasteiger partial charge on any atom is -0.387 e. The number of aromatic nitrogens is 2. The molecule has 2 aromatic rings. The second-order valence-electron chi connectivity index (χ2n) is 10.1. The van der Waals surface area contributed by atoms with E-state index in [1.165, 1.54) is 58.2 Å². The molecule has 4 rings (SSSR count). The fourth-order valence-corrected chi connectivity index (χ4v) is 8.00. The highest BCUT2D eigenvalue weighted by Crippen LogP contribution is 2.67. The molecular formula is C22H31N4O18P3+2. The molecule has 10 atom stereocenters. The van der Waals surface area contributed by atoms with E-state index in [0.717, 1.165) is 0 Å². The number of phosphoric ester groups is 2. The molecule has 0 spiro atoms. The Morgan fingerprint density at radius 3 is 1.38 bits per heavy atom. The highest BCUT2D eigenvalue weighted by molar-refractivity contribution is 7.66. The van der Waals surface area contributed by atoms with E-state index in [-0.39, 0.29) is 11.1 Å². The van der Waals surface area contributed by atoms with Crippen LogP contribution in [0.1, 0.15) is 33.2 Å². The number of hydrogen-bond acceptors (Lipinski definition) is 15. The van der Waals surface area contributed by atoms with Gasteiger partial charge in [0.15, 0.2) is 37.0 Å². The molecular weight excluding hydrogens is 701 g/mol. The van der Waals surface area contributed by atoms with Gasteiger partial charge in [0.05, 0.1) is 13.2 Å². The summed E-state index contributed by atoms with van der Waals surface area (Å²) in [5, 5.41) is 41.3. The van der Waals surface area contributed by atoms with Crippen LogP contribution in [0.4, 0.5) is 0 Å². The van der Waals surface area contributed by atoms with E-state index in [4.69, 9.17) is 20.9 Å². The Kier molecular flexibility index (Phi) is 11.5. The van der Waals surface area contributed by atoms with E-state index in [9.17, 15) is 58.4 Å². The summed E-state index contributed by atoms with van der Waals surface area (Å²) in [4.78, 5) is 52.5. The lowest BCUT2D eigenvalue weighted by Gasteiger charge is -2.20. The van der Waals surface area contributed by atoms with Crippen molar-refractivity contribution in [2.75, 3.05) is 13.2 Å². The van der Waals surface area contributed by atoms with Crippen molar-refractivity contribution in [3.63, 3.8) is 0 Å². The van der Waals surface area contributed by atoms with Crippen molar-refractivity contribution in [1.29, 1.82) is 0 Å². The van der Waals surface area contributed by atoms with E-state index in [1.54, 1.807) is 0 Å². The van der Waals surface area contributed by atoms with E-state index in [1.807, 2.05) is 0 Å².